The van der Waals surface area contributed by atoms with Gasteiger partial charge in [-0.25, -0.2) is 0 Å². The first-order valence-corrected chi connectivity index (χ1v) is 8.15. The quantitative estimate of drug-likeness (QED) is 0.727. The lowest BCUT2D eigenvalue weighted by atomic mass is 10.1. The molecule has 1 amide bonds. The Morgan fingerprint density at radius 2 is 2.36 bits per heavy atom. The number of carbonyl (C=O) groups excluding carboxylic acids is 1. The number of aryl methyl sites for hydroxylation is 2. The van der Waals surface area contributed by atoms with Gasteiger partial charge >= 0.3 is 0 Å². The average Bonchev–Trinajstić information content (AvgIpc) is 3.09. The largest absolute Gasteiger partial charge is 0.374 e. The van der Waals surface area contributed by atoms with Gasteiger partial charge in [0.25, 0.3) is 0 Å². The molecule has 1 unspecified atom stereocenters. The number of carbonyl (C=O) groups is 1. The molecule has 0 saturated carbocycles. The lowest BCUT2D eigenvalue weighted by Gasteiger charge is -2.11. The van der Waals surface area contributed by atoms with E-state index in [1.807, 2.05) is 6.07 Å². The summed E-state index contributed by atoms with van der Waals surface area (Å²) in [5.74, 6) is 0.0469. The molecule has 0 radical (unpaired) electrons. The third kappa shape index (κ3) is 3.36. The number of fused-ring (bicyclic) bond motifs is 1. The molecular formula is C15H19N5OS. The Balaban J connectivity index is 1.43. The second-order valence-electron chi connectivity index (χ2n) is 5.49. The summed E-state index contributed by atoms with van der Waals surface area (Å²) >= 11 is 1.40. The van der Waals surface area contributed by atoms with Crippen LogP contribution in [-0.2, 0) is 17.6 Å². The van der Waals surface area contributed by atoms with E-state index in [1.54, 1.807) is 0 Å². The molecule has 7 heteroatoms. The predicted octanol–water partition coefficient (Wildman–Crippen LogP) is 1.51. The van der Waals surface area contributed by atoms with Crippen molar-refractivity contribution < 1.29 is 4.79 Å². The molecule has 1 aliphatic heterocycles. The topological polar surface area (TPSA) is 92.9 Å². The van der Waals surface area contributed by atoms with Crippen LogP contribution in [0.5, 0.6) is 0 Å². The van der Waals surface area contributed by atoms with E-state index in [-0.39, 0.29) is 11.9 Å². The van der Waals surface area contributed by atoms with Crippen molar-refractivity contribution in [2.75, 3.05) is 17.6 Å². The normalized spacial score (nSPS) is 16.1. The van der Waals surface area contributed by atoms with Gasteiger partial charge in [0.1, 0.15) is 11.0 Å². The zero-order valence-electron chi connectivity index (χ0n) is 12.4. The number of anilines is 2. The van der Waals surface area contributed by atoms with Gasteiger partial charge in [0.2, 0.25) is 11.0 Å². The van der Waals surface area contributed by atoms with E-state index < -0.39 is 0 Å². The molecule has 0 bridgehead atoms. The molecule has 0 saturated heterocycles. The zero-order valence-corrected chi connectivity index (χ0v) is 13.2. The highest BCUT2D eigenvalue weighted by Crippen LogP contribution is 2.26. The Hall–Kier alpha value is -2.15. The molecule has 0 spiro atoms. The molecule has 1 atom stereocenters. The highest BCUT2D eigenvalue weighted by molar-refractivity contribution is 7.15. The van der Waals surface area contributed by atoms with E-state index in [9.17, 15) is 4.79 Å². The van der Waals surface area contributed by atoms with Gasteiger partial charge < -0.3 is 16.4 Å². The summed E-state index contributed by atoms with van der Waals surface area (Å²) < 4.78 is 0. The van der Waals surface area contributed by atoms with Crippen LogP contribution in [0.3, 0.4) is 0 Å². The summed E-state index contributed by atoms with van der Waals surface area (Å²) in [7, 11) is 0. The minimum atomic E-state index is -0.172. The van der Waals surface area contributed by atoms with Crippen molar-refractivity contribution in [3.63, 3.8) is 0 Å². The van der Waals surface area contributed by atoms with Crippen molar-refractivity contribution in [1.29, 1.82) is 0 Å². The zero-order chi connectivity index (χ0) is 15.5. The summed E-state index contributed by atoms with van der Waals surface area (Å²) in [6.07, 6.45) is 2.36. The minimum Gasteiger partial charge on any atom is -0.374 e. The number of nitrogens with zero attached hydrogens (tertiary/aromatic N) is 2. The third-order valence-corrected chi connectivity index (χ3v) is 4.49. The first-order chi connectivity index (χ1) is 10.6. The number of amides is 1. The van der Waals surface area contributed by atoms with E-state index >= 15 is 0 Å². The monoisotopic (exact) mass is 317 g/mol. The molecule has 1 aromatic heterocycles. The summed E-state index contributed by atoms with van der Waals surface area (Å²) in [5.41, 5.74) is 9.03. The number of nitrogen functional groups attached to an aromatic ring is 1. The van der Waals surface area contributed by atoms with Gasteiger partial charge in [-0.3, -0.25) is 4.79 Å². The first-order valence-electron chi connectivity index (χ1n) is 7.33. The van der Waals surface area contributed by atoms with Crippen molar-refractivity contribution in [2.45, 2.75) is 32.2 Å². The average molecular weight is 317 g/mol. The maximum Gasteiger partial charge on any atom is 0.242 e. The van der Waals surface area contributed by atoms with Crippen molar-refractivity contribution in [3.8, 4) is 0 Å². The number of nitrogens with two attached hydrogens (primary N) is 1. The molecule has 0 aliphatic carbocycles. The van der Waals surface area contributed by atoms with Crippen LogP contribution in [0.4, 0.5) is 10.8 Å². The van der Waals surface area contributed by atoms with Gasteiger partial charge in [-0.05, 0) is 25.0 Å². The van der Waals surface area contributed by atoms with Crippen molar-refractivity contribution in [1.82, 2.24) is 15.5 Å². The van der Waals surface area contributed by atoms with Crippen LogP contribution in [0.15, 0.2) is 18.2 Å². The lowest BCUT2D eigenvalue weighted by Crippen LogP contribution is -2.38. The van der Waals surface area contributed by atoms with Crippen LogP contribution in [0.1, 0.15) is 22.6 Å². The van der Waals surface area contributed by atoms with Gasteiger partial charge in [0.15, 0.2) is 0 Å². The van der Waals surface area contributed by atoms with Gasteiger partial charge in [0.05, 0.1) is 0 Å². The number of aromatic nitrogens is 2. The Labute approximate surface area is 133 Å². The fraction of sp³-hybridized carbons (Fsp3) is 0.400. The van der Waals surface area contributed by atoms with Crippen LogP contribution < -0.4 is 16.4 Å². The van der Waals surface area contributed by atoms with Crippen LogP contribution in [0.25, 0.3) is 0 Å². The fourth-order valence-electron chi connectivity index (χ4n) is 2.59. The molecule has 4 N–H and O–H groups in total. The standard InChI is InChI=1S/C15H19N5OS/c1-9-4-5-11-10(7-9)8-12(18-11)14(21)17-6-2-3-13-19-20-15(16)22-13/h4-5,7,12,18H,2-3,6,8H2,1H3,(H2,16,20)(H,17,21). The highest BCUT2D eigenvalue weighted by atomic mass is 32.1. The summed E-state index contributed by atoms with van der Waals surface area (Å²) in [5, 5.41) is 15.4. The number of hydrogen-bond acceptors (Lipinski definition) is 6. The van der Waals surface area contributed by atoms with E-state index in [1.165, 1.54) is 22.5 Å². The maximum atomic E-state index is 12.2. The van der Waals surface area contributed by atoms with E-state index in [0.29, 0.717) is 11.7 Å². The fourth-order valence-corrected chi connectivity index (χ4v) is 3.24. The third-order valence-electron chi connectivity index (χ3n) is 3.68. The molecule has 2 heterocycles. The maximum absolute atomic E-state index is 12.2. The number of nitrogens with one attached hydrogen (secondary N) is 2. The second-order valence-corrected chi connectivity index (χ2v) is 6.58. The van der Waals surface area contributed by atoms with E-state index in [0.717, 1.165) is 30.0 Å². The lowest BCUT2D eigenvalue weighted by molar-refractivity contribution is -0.121. The summed E-state index contributed by atoms with van der Waals surface area (Å²) in [6, 6.07) is 6.06. The molecule has 2 aromatic rings. The smallest absolute Gasteiger partial charge is 0.242 e. The predicted molar refractivity (Wildman–Crippen MR) is 87.9 cm³/mol. The summed E-state index contributed by atoms with van der Waals surface area (Å²) in [6.45, 7) is 2.69. The molecule has 1 aromatic carbocycles. The molecule has 6 nitrogen and oxygen atoms in total. The van der Waals surface area contributed by atoms with Crippen molar-refractivity contribution in [2.24, 2.45) is 0 Å². The van der Waals surface area contributed by atoms with Crippen LogP contribution in [0, 0.1) is 6.92 Å². The SMILES string of the molecule is Cc1ccc2c(c1)CC(C(=O)NCCCc1nnc(N)s1)N2. The van der Waals surface area contributed by atoms with Crippen molar-refractivity contribution >= 4 is 28.1 Å². The highest BCUT2D eigenvalue weighted by Gasteiger charge is 2.26. The molecule has 0 fully saturated rings. The molecular weight excluding hydrogens is 298 g/mol. The van der Waals surface area contributed by atoms with Gasteiger partial charge in [-0.2, -0.15) is 0 Å². The molecule has 3 rings (SSSR count). The summed E-state index contributed by atoms with van der Waals surface area (Å²) in [4.78, 5) is 12.2. The van der Waals surface area contributed by atoms with Gasteiger partial charge in [-0.15, -0.1) is 10.2 Å². The van der Waals surface area contributed by atoms with E-state index in [4.69, 9.17) is 5.73 Å². The Morgan fingerprint density at radius 1 is 1.50 bits per heavy atom. The van der Waals surface area contributed by atoms with E-state index in [2.05, 4.69) is 39.9 Å². The van der Waals surface area contributed by atoms with Crippen LogP contribution in [0.2, 0.25) is 0 Å². The van der Waals surface area contributed by atoms with Crippen LogP contribution >= 0.6 is 11.3 Å². The minimum absolute atomic E-state index is 0.0469. The molecule has 22 heavy (non-hydrogen) atoms. The second kappa shape index (κ2) is 6.31. The van der Waals surface area contributed by atoms with Gasteiger partial charge in [0, 0.05) is 25.1 Å². The number of rotatable bonds is 5. The first kappa shape index (κ1) is 14.8. The Kier molecular flexibility index (Phi) is 4.24. The number of benzene rings is 1. The Bertz CT molecular complexity index is 684. The van der Waals surface area contributed by atoms with Crippen molar-refractivity contribution in [3.05, 3.63) is 34.3 Å². The Morgan fingerprint density at radius 3 is 3.14 bits per heavy atom. The molecule has 116 valence electrons. The van der Waals surface area contributed by atoms with Gasteiger partial charge in [-0.1, -0.05) is 29.0 Å². The van der Waals surface area contributed by atoms with Crippen LogP contribution in [-0.4, -0.2) is 28.7 Å². The number of hydrogen-bond donors (Lipinski definition) is 3. The molecule has 1 aliphatic rings.